The third-order valence-corrected chi connectivity index (χ3v) is 4.78. The Bertz CT molecular complexity index is 508. The zero-order chi connectivity index (χ0) is 15.4. The van der Waals surface area contributed by atoms with Gasteiger partial charge in [0.25, 0.3) is 0 Å². The SMILES string of the molecule is O=C(CN1CCC(C2CCCN2)CC1)Nc1cccc(F)c1. The minimum absolute atomic E-state index is 0.0666. The van der Waals surface area contributed by atoms with Crippen molar-refractivity contribution < 1.29 is 9.18 Å². The fraction of sp³-hybridized carbons (Fsp3) is 0.588. The Morgan fingerprint density at radius 3 is 2.82 bits per heavy atom. The second-order valence-electron chi connectivity index (χ2n) is 6.37. The number of benzene rings is 1. The maximum Gasteiger partial charge on any atom is 0.238 e. The van der Waals surface area contributed by atoms with E-state index in [-0.39, 0.29) is 11.7 Å². The van der Waals surface area contributed by atoms with Gasteiger partial charge in [-0.1, -0.05) is 6.07 Å². The molecule has 2 saturated heterocycles. The molecule has 3 rings (SSSR count). The van der Waals surface area contributed by atoms with E-state index in [1.54, 1.807) is 12.1 Å². The van der Waals surface area contributed by atoms with Crippen molar-refractivity contribution in [1.82, 2.24) is 10.2 Å². The summed E-state index contributed by atoms with van der Waals surface area (Å²) in [6.07, 6.45) is 4.90. The lowest BCUT2D eigenvalue weighted by molar-refractivity contribution is -0.117. The molecule has 4 nitrogen and oxygen atoms in total. The highest BCUT2D eigenvalue weighted by Gasteiger charge is 2.28. The van der Waals surface area contributed by atoms with Gasteiger partial charge in [0.1, 0.15) is 5.82 Å². The van der Waals surface area contributed by atoms with Crippen LogP contribution in [0.2, 0.25) is 0 Å². The molecule has 22 heavy (non-hydrogen) atoms. The van der Waals surface area contributed by atoms with E-state index in [2.05, 4.69) is 15.5 Å². The number of halogens is 1. The lowest BCUT2D eigenvalue weighted by atomic mass is 9.88. The van der Waals surface area contributed by atoms with Crippen molar-refractivity contribution in [1.29, 1.82) is 0 Å². The van der Waals surface area contributed by atoms with E-state index < -0.39 is 0 Å². The molecular formula is C17H24FN3O. The summed E-state index contributed by atoms with van der Waals surface area (Å²) in [6, 6.07) is 6.71. The summed E-state index contributed by atoms with van der Waals surface area (Å²) in [5, 5.41) is 6.35. The third-order valence-electron chi connectivity index (χ3n) is 4.78. The minimum atomic E-state index is -0.331. The second kappa shape index (κ2) is 7.20. The lowest BCUT2D eigenvalue weighted by Gasteiger charge is -2.34. The molecule has 1 unspecified atom stereocenters. The first-order chi connectivity index (χ1) is 10.7. The van der Waals surface area contributed by atoms with Crippen LogP contribution in [-0.2, 0) is 4.79 Å². The summed E-state index contributed by atoms with van der Waals surface area (Å²) in [5.41, 5.74) is 0.523. The molecule has 0 radical (unpaired) electrons. The Morgan fingerprint density at radius 2 is 2.14 bits per heavy atom. The Kier molecular flexibility index (Phi) is 5.05. The monoisotopic (exact) mass is 305 g/mol. The zero-order valence-corrected chi connectivity index (χ0v) is 12.9. The summed E-state index contributed by atoms with van der Waals surface area (Å²) >= 11 is 0. The van der Waals surface area contributed by atoms with Crippen LogP contribution < -0.4 is 10.6 Å². The molecule has 0 aromatic heterocycles. The molecule has 2 heterocycles. The van der Waals surface area contributed by atoms with Crippen molar-refractivity contribution in [2.24, 2.45) is 5.92 Å². The van der Waals surface area contributed by atoms with E-state index in [1.807, 2.05) is 0 Å². The molecule has 0 saturated carbocycles. The van der Waals surface area contributed by atoms with Gasteiger partial charge in [-0.3, -0.25) is 9.69 Å². The van der Waals surface area contributed by atoms with Gasteiger partial charge in [-0.2, -0.15) is 0 Å². The van der Waals surface area contributed by atoms with Crippen molar-refractivity contribution in [2.75, 3.05) is 31.5 Å². The molecule has 2 fully saturated rings. The molecule has 1 atom stereocenters. The normalized spacial score (nSPS) is 23.6. The Hall–Kier alpha value is -1.46. The second-order valence-corrected chi connectivity index (χ2v) is 6.37. The molecule has 0 aliphatic carbocycles. The Morgan fingerprint density at radius 1 is 1.32 bits per heavy atom. The quantitative estimate of drug-likeness (QED) is 0.896. The van der Waals surface area contributed by atoms with Crippen LogP contribution in [0, 0.1) is 11.7 Å². The number of nitrogens with zero attached hydrogens (tertiary/aromatic N) is 1. The molecule has 2 aliphatic heterocycles. The average Bonchev–Trinajstić information content (AvgIpc) is 3.02. The van der Waals surface area contributed by atoms with Crippen molar-refractivity contribution in [3.8, 4) is 0 Å². The summed E-state index contributed by atoms with van der Waals surface area (Å²) in [4.78, 5) is 14.2. The van der Waals surface area contributed by atoms with E-state index in [0.29, 0.717) is 18.3 Å². The summed E-state index contributed by atoms with van der Waals surface area (Å²) in [5.74, 6) is 0.357. The number of amides is 1. The highest BCUT2D eigenvalue weighted by Crippen LogP contribution is 2.25. The van der Waals surface area contributed by atoms with Gasteiger partial charge in [-0.15, -0.1) is 0 Å². The van der Waals surface area contributed by atoms with Crippen LogP contribution in [0.3, 0.4) is 0 Å². The van der Waals surface area contributed by atoms with Crippen LogP contribution in [0.25, 0.3) is 0 Å². The predicted molar refractivity (Wildman–Crippen MR) is 85.2 cm³/mol. The first kappa shape index (κ1) is 15.4. The molecule has 2 aliphatic rings. The number of hydrogen-bond acceptors (Lipinski definition) is 3. The molecule has 1 amide bonds. The van der Waals surface area contributed by atoms with Crippen LogP contribution in [0.1, 0.15) is 25.7 Å². The number of hydrogen-bond donors (Lipinski definition) is 2. The molecule has 120 valence electrons. The molecule has 2 N–H and O–H groups in total. The van der Waals surface area contributed by atoms with Crippen molar-refractivity contribution >= 4 is 11.6 Å². The van der Waals surface area contributed by atoms with E-state index in [0.717, 1.165) is 38.4 Å². The number of carbonyl (C=O) groups excluding carboxylic acids is 1. The van der Waals surface area contributed by atoms with Crippen molar-refractivity contribution in [3.05, 3.63) is 30.1 Å². The largest absolute Gasteiger partial charge is 0.325 e. The molecule has 0 spiro atoms. The van der Waals surface area contributed by atoms with Crippen LogP contribution in [0.15, 0.2) is 24.3 Å². The smallest absolute Gasteiger partial charge is 0.238 e. The maximum absolute atomic E-state index is 13.1. The number of nitrogens with one attached hydrogen (secondary N) is 2. The minimum Gasteiger partial charge on any atom is -0.325 e. The topological polar surface area (TPSA) is 44.4 Å². The summed E-state index contributed by atoms with van der Waals surface area (Å²) < 4.78 is 13.1. The van der Waals surface area contributed by atoms with Crippen molar-refractivity contribution in [2.45, 2.75) is 31.7 Å². The fourth-order valence-electron chi connectivity index (χ4n) is 3.60. The molecule has 5 heteroatoms. The zero-order valence-electron chi connectivity index (χ0n) is 12.9. The first-order valence-electron chi connectivity index (χ1n) is 8.22. The summed E-state index contributed by atoms with van der Waals surface area (Å²) in [6.45, 7) is 3.49. The molecule has 1 aromatic carbocycles. The van der Waals surface area contributed by atoms with Crippen LogP contribution in [0.5, 0.6) is 0 Å². The van der Waals surface area contributed by atoms with Gasteiger partial charge >= 0.3 is 0 Å². The van der Waals surface area contributed by atoms with Gasteiger partial charge in [0.05, 0.1) is 6.54 Å². The highest BCUT2D eigenvalue weighted by molar-refractivity contribution is 5.92. The third kappa shape index (κ3) is 4.05. The van der Waals surface area contributed by atoms with Crippen LogP contribution in [0.4, 0.5) is 10.1 Å². The van der Waals surface area contributed by atoms with Gasteiger partial charge in [-0.25, -0.2) is 4.39 Å². The number of piperidine rings is 1. The Labute approximate surface area is 131 Å². The van der Waals surface area contributed by atoms with E-state index in [4.69, 9.17) is 0 Å². The molecule has 1 aromatic rings. The van der Waals surface area contributed by atoms with Crippen LogP contribution in [-0.4, -0.2) is 43.0 Å². The van der Waals surface area contributed by atoms with E-state index >= 15 is 0 Å². The fourth-order valence-corrected chi connectivity index (χ4v) is 3.60. The summed E-state index contributed by atoms with van der Waals surface area (Å²) in [7, 11) is 0. The number of anilines is 1. The maximum atomic E-state index is 13.1. The number of likely N-dealkylation sites (tertiary alicyclic amines) is 1. The van der Waals surface area contributed by atoms with E-state index in [9.17, 15) is 9.18 Å². The van der Waals surface area contributed by atoms with Gasteiger partial charge in [-0.05, 0) is 69.4 Å². The van der Waals surface area contributed by atoms with Crippen molar-refractivity contribution in [3.63, 3.8) is 0 Å². The van der Waals surface area contributed by atoms with Gasteiger partial charge < -0.3 is 10.6 Å². The molecular weight excluding hydrogens is 281 g/mol. The molecule has 0 bridgehead atoms. The van der Waals surface area contributed by atoms with Gasteiger partial charge in [0.15, 0.2) is 0 Å². The lowest BCUT2D eigenvalue weighted by Crippen LogP contribution is -2.43. The van der Waals surface area contributed by atoms with Crippen LogP contribution >= 0.6 is 0 Å². The Balaban J connectivity index is 1.43. The number of carbonyl (C=O) groups is 1. The number of rotatable bonds is 4. The van der Waals surface area contributed by atoms with E-state index in [1.165, 1.54) is 25.0 Å². The van der Waals surface area contributed by atoms with Gasteiger partial charge in [0, 0.05) is 11.7 Å². The highest BCUT2D eigenvalue weighted by atomic mass is 19.1. The average molecular weight is 305 g/mol. The standard InChI is InChI=1S/C17H24FN3O/c18-14-3-1-4-15(11-14)20-17(22)12-21-9-6-13(7-10-21)16-5-2-8-19-16/h1,3-4,11,13,16,19H,2,5-10,12H2,(H,20,22). The predicted octanol–water partition coefficient (Wildman–Crippen LogP) is 2.23. The van der Waals surface area contributed by atoms with Gasteiger partial charge in [0.2, 0.25) is 5.91 Å². The first-order valence-corrected chi connectivity index (χ1v) is 8.22.